The summed E-state index contributed by atoms with van der Waals surface area (Å²) in [5, 5.41) is 5.07. The number of carbonyl (C=O) groups is 2. The van der Waals surface area contributed by atoms with E-state index in [0.29, 0.717) is 49.8 Å². The van der Waals surface area contributed by atoms with Crippen molar-refractivity contribution in [2.45, 2.75) is 82.8 Å². The molecule has 1 saturated carbocycles. The van der Waals surface area contributed by atoms with E-state index in [1.54, 1.807) is 17.6 Å². The number of aromatic nitrogens is 4. The summed E-state index contributed by atoms with van der Waals surface area (Å²) < 4.78 is 16.0. The van der Waals surface area contributed by atoms with Crippen LogP contribution in [0.5, 0.6) is 0 Å². The van der Waals surface area contributed by atoms with Gasteiger partial charge in [0.25, 0.3) is 5.91 Å². The number of rotatable bonds is 8. The van der Waals surface area contributed by atoms with Crippen LogP contribution in [0.25, 0.3) is 0 Å². The fourth-order valence-electron chi connectivity index (χ4n) is 8.05. The molecular weight excluding hydrogens is 593 g/mol. The summed E-state index contributed by atoms with van der Waals surface area (Å²) in [7, 11) is 0. The Morgan fingerprint density at radius 1 is 1.02 bits per heavy atom. The molecule has 240 valence electrons. The predicted octanol–water partition coefficient (Wildman–Crippen LogP) is 5.15. The van der Waals surface area contributed by atoms with Gasteiger partial charge in [-0.15, -0.1) is 0 Å². The fourth-order valence-corrected chi connectivity index (χ4v) is 8.18. The molecule has 0 spiro atoms. The van der Waals surface area contributed by atoms with Crippen LogP contribution in [0, 0.1) is 23.2 Å². The Morgan fingerprint density at radius 3 is 2.47 bits per heavy atom. The van der Waals surface area contributed by atoms with Crippen molar-refractivity contribution in [3.63, 3.8) is 0 Å². The second kappa shape index (κ2) is 14.0. The predicted molar refractivity (Wildman–Crippen MR) is 170 cm³/mol. The molecule has 2 aromatic heterocycles. The third-order valence-electron chi connectivity index (χ3n) is 10.5. The molecule has 3 aromatic rings. The average Bonchev–Trinajstić information content (AvgIpc) is 3.57. The molecule has 6 rings (SSSR count). The van der Waals surface area contributed by atoms with Gasteiger partial charge < -0.3 is 15.5 Å². The maximum atomic E-state index is 14.7. The third kappa shape index (κ3) is 7.22. The van der Waals surface area contributed by atoms with Crippen molar-refractivity contribution in [2.24, 2.45) is 23.0 Å². The molecule has 2 amide bonds. The average molecular weight is 636 g/mol. The van der Waals surface area contributed by atoms with Gasteiger partial charge in [0.2, 0.25) is 11.9 Å². The highest BCUT2D eigenvalue weighted by molar-refractivity contribution is 6.30. The monoisotopic (exact) mass is 635 g/mol. The number of carbonyl (C=O) groups excluding carboxylic acids is 2. The van der Waals surface area contributed by atoms with E-state index in [1.807, 2.05) is 33.8 Å². The van der Waals surface area contributed by atoms with Gasteiger partial charge >= 0.3 is 0 Å². The summed E-state index contributed by atoms with van der Waals surface area (Å²) >= 11 is 6.19. The van der Waals surface area contributed by atoms with Crippen LogP contribution < -0.4 is 5.73 Å². The number of amides is 2. The number of nitrogens with two attached hydrogens (primary N) is 1. The molecule has 11 heteroatoms. The van der Waals surface area contributed by atoms with Crippen molar-refractivity contribution in [3.05, 3.63) is 77.3 Å². The van der Waals surface area contributed by atoms with Gasteiger partial charge in [0.05, 0.1) is 5.92 Å². The number of benzene rings is 1. The Bertz CT molecular complexity index is 1440. The summed E-state index contributed by atoms with van der Waals surface area (Å²) in [5.41, 5.74) is 7.56. The Labute approximate surface area is 269 Å². The molecular formula is C34H43ClFN7O2. The lowest BCUT2D eigenvalue weighted by Crippen LogP contribution is -2.58. The molecule has 45 heavy (non-hydrogen) atoms. The van der Waals surface area contributed by atoms with Crippen molar-refractivity contribution in [2.75, 3.05) is 19.6 Å². The number of likely N-dealkylation sites (tertiary alicyclic amines) is 2. The van der Waals surface area contributed by atoms with Crippen LogP contribution in [0.15, 0.2) is 55.1 Å². The summed E-state index contributed by atoms with van der Waals surface area (Å²) in [6, 6.07) is 11.2. The minimum atomic E-state index is -0.708. The minimum Gasteiger partial charge on any atom is -0.342 e. The Hall–Kier alpha value is -3.37. The summed E-state index contributed by atoms with van der Waals surface area (Å²) in [6.45, 7) is 2.50. The van der Waals surface area contributed by atoms with Crippen LogP contribution in [0.3, 0.4) is 0 Å². The number of piperidine rings is 2. The molecule has 2 aliphatic heterocycles. The van der Waals surface area contributed by atoms with E-state index in [1.165, 1.54) is 50.3 Å². The van der Waals surface area contributed by atoms with Gasteiger partial charge in [0, 0.05) is 43.3 Å². The largest absolute Gasteiger partial charge is 0.342 e. The maximum absolute atomic E-state index is 14.7. The van der Waals surface area contributed by atoms with Crippen LogP contribution >= 0.6 is 11.6 Å². The third-order valence-corrected chi connectivity index (χ3v) is 10.8. The van der Waals surface area contributed by atoms with E-state index < -0.39 is 17.9 Å². The first-order chi connectivity index (χ1) is 21.8. The van der Waals surface area contributed by atoms with Crippen molar-refractivity contribution < 1.29 is 14.0 Å². The maximum Gasteiger partial charge on any atom is 0.272 e. The molecule has 0 bridgehead atoms. The molecule has 3 atom stereocenters. The number of hydrogen-bond acceptors (Lipinski definition) is 6. The van der Waals surface area contributed by atoms with E-state index in [2.05, 4.69) is 15.1 Å². The lowest BCUT2D eigenvalue weighted by Gasteiger charge is -2.49. The topological polar surface area (TPSA) is 110 Å². The van der Waals surface area contributed by atoms with Gasteiger partial charge in [-0.2, -0.15) is 9.49 Å². The zero-order valence-corrected chi connectivity index (χ0v) is 26.5. The SMILES string of the molecule is NC1CCN(C(=O)c2cccc(F)n2)C([C@@H](Cc2ccc(Cl)cc2)C(=O)N2CCC(Cn3cncn3)(C3CCCCC3)CC2)C1. The lowest BCUT2D eigenvalue weighted by molar-refractivity contribution is -0.141. The lowest BCUT2D eigenvalue weighted by atomic mass is 9.63. The summed E-state index contributed by atoms with van der Waals surface area (Å²) in [5.74, 6) is -0.968. The smallest absolute Gasteiger partial charge is 0.272 e. The zero-order chi connectivity index (χ0) is 31.4. The molecule has 9 nitrogen and oxygen atoms in total. The number of pyridine rings is 1. The number of hydrogen-bond donors (Lipinski definition) is 1. The highest BCUT2D eigenvalue weighted by Gasteiger charge is 2.46. The zero-order valence-electron chi connectivity index (χ0n) is 25.7. The Kier molecular flexibility index (Phi) is 9.80. The quantitative estimate of drug-likeness (QED) is 0.343. The first kappa shape index (κ1) is 31.6. The van der Waals surface area contributed by atoms with Crippen molar-refractivity contribution in [1.82, 2.24) is 29.5 Å². The highest BCUT2D eigenvalue weighted by Crippen LogP contribution is 2.47. The second-order valence-electron chi connectivity index (χ2n) is 13.2. The first-order valence-electron chi connectivity index (χ1n) is 16.4. The van der Waals surface area contributed by atoms with Crippen molar-refractivity contribution >= 4 is 23.4 Å². The molecule has 2 saturated heterocycles. The number of halogens is 2. The van der Waals surface area contributed by atoms with Crippen LogP contribution in [0.4, 0.5) is 4.39 Å². The molecule has 2 N–H and O–H groups in total. The standard InChI is InChI=1S/C34H43ClFN7O2/c35-26-11-9-24(10-12-26)19-28(30-20-27(37)13-16-43(30)33(45)29-7-4-8-31(36)40-29)32(44)41-17-14-34(15-18-41,21-42-23-38-22-39-42)25-5-2-1-3-6-25/h4,7-12,22-23,25,27-28,30H,1-3,5-6,13-21,37H2/t27?,28-,30?/m1/s1. The Morgan fingerprint density at radius 2 is 1.78 bits per heavy atom. The van der Waals surface area contributed by atoms with E-state index in [-0.39, 0.29) is 29.0 Å². The van der Waals surface area contributed by atoms with Crippen LogP contribution in [-0.4, -0.2) is 73.1 Å². The van der Waals surface area contributed by atoms with Crippen LogP contribution in [0.2, 0.25) is 5.02 Å². The fraction of sp³-hybridized carbons (Fsp3) is 0.559. The molecule has 1 aromatic carbocycles. The Balaban J connectivity index is 1.27. The molecule has 1 aliphatic carbocycles. The highest BCUT2D eigenvalue weighted by atomic mass is 35.5. The van der Waals surface area contributed by atoms with Gasteiger partial charge in [-0.1, -0.05) is 49.1 Å². The van der Waals surface area contributed by atoms with Gasteiger partial charge in [0.1, 0.15) is 18.3 Å². The summed E-state index contributed by atoms with van der Waals surface area (Å²) in [6.07, 6.45) is 12.9. The van der Waals surface area contributed by atoms with Gasteiger partial charge in [0.15, 0.2) is 0 Å². The van der Waals surface area contributed by atoms with Gasteiger partial charge in [-0.05, 0) is 86.1 Å². The van der Waals surface area contributed by atoms with Crippen molar-refractivity contribution in [1.29, 1.82) is 0 Å². The van der Waals surface area contributed by atoms with Crippen LogP contribution in [-0.2, 0) is 17.8 Å². The van der Waals surface area contributed by atoms with Crippen LogP contribution in [0.1, 0.15) is 73.8 Å². The molecule has 4 heterocycles. The van der Waals surface area contributed by atoms with Gasteiger partial charge in [-0.25, -0.2) is 9.97 Å². The van der Waals surface area contributed by atoms with E-state index in [9.17, 15) is 14.0 Å². The van der Waals surface area contributed by atoms with Gasteiger partial charge in [-0.3, -0.25) is 14.3 Å². The normalized spacial score (nSPS) is 23.1. The molecule has 3 aliphatic rings. The van der Waals surface area contributed by atoms with E-state index in [0.717, 1.165) is 24.9 Å². The van der Waals surface area contributed by atoms with E-state index in [4.69, 9.17) is 17.3 Å². The first-order valence-corrected chi connectivity index (χ1v) is 16.7. The minimum absolute atomic E-state index is 0.0343. The summed E-state index contributed by atoms with van der Waals surface area (Å²) in [4.78, 5) is 40.2. The molecule has 3 fully saturated rings. The van der Waals surface area contributed by atoms with E-state index >= 15 is 0 Å². The van der Waals surface area contributed by atoms with Crippen molar-refractivity contribution in [3.8, 4) is 0 Å². The second-order valence-corrected chi connectivity index (χ2v) is 13.7. The molecule has 2 unspecified atom stereocenters. The molecule has 0 radical (unpaired) electrons. The number of nitrogens with zero attached hydrogens (tertiary/aromatic N) is 6.